The molecule has 4 nitrogen and oxygen atoms in total. The van der Waals surface area contributed by atoms with Gasteiger partial charge in [-0.2, -0.15) is 5.26 Å². The lowest BCUT2D eigenvalue weighted by Crippen LogP contribution is -2.25. The summed E-state index contributed by atoms with van der Waals surface area (Å²) >= 11 is 0. The van der Waals surface area contributed by atoms with Crippen molar-refractivity contribution >= 4 is 5.97 Å². The molecule has 2 aromatic rings. The Hall–Kier alpha value is -2.54. The van der Waals surface area contributed by atoms with Crippen molar-refractivity contribution in [1.29, 1.82) is 5.26 Å². The summed E-state index contributed by atoms with van der Waals surface area (Å²) in [6, 6.07) is 14.6. The van der Waals surface area contributed by atoms with Crippen LogP contribution in [0.2, 0.25) is 0 Å². The molecular formula is C16H15NO3. The van der Waals surface area contributed by atoms with E-state index in [1.807, 2.05) is 30.3 Å². The van der Waals surface area contributed by atoms with Crippen molar-refractivity contribution in [3.63, 3.8) is 0 Å². The molecule has 0 aliphatic rings. The Morgan fingerprint density at radius 3 is 2.50 bits per heavy atom. The number of hydrogen-bond donors (Lipinski definition) is 0. The van der Waals surface area contributed by atoms with Gasteiger partial charge >= 0.3 is 5.97 Å². The molecule has 0 N–H and O–H groups in total. The van der Waals surface area contributed by atoms with Crippen molar-refractivity contribution in [2.75, 3.05) is 0 Å². The lowest BCUT2D eigenvalue weighted by Gasteiger charge is -2.27. The molecule has 0 saturated heterocycles. The normalized spacial score (nSPS) is 12.4. The average Bonchev–Trinajstić information content (AvgIpc) is 2.99. The Bertz CT molecular complexity index is 609. The van der Waals surface area contributed by atoms with E-state index >= 15 is 0 Å². The van der Waals surface area contributed by atoms with Crippen LogP contribution in [-0.2, 0) is 4.74 Å². The molecule has 0 bridgehead atoms. The first-order valence-electron chi connectivity index (χ1n) is 6.25. The van der Waals surface area contributed by atoms with Crippen molar-refractivity contribution < 1.29 is 13.9 Å². The first kappa shape index (κ1) is 13.9. The predicted molar refractivity (Wildman–Crippen MR) is 72.7 cm³/mol. The second-order valence-corrected chi connectivity index (χ2v) is 5.01. The van der Waals surface area contributed by atoms with Crippen molar-refractivity contribution in [2.24, 2.45) is 5.41 Å². The lowest BCUT2D eigenvalue weighted by molar-refractivity contribution is 0.00202. The van der Waals surface area contributed by atoms with E-state index in [9.17, 15) is 10.1 Å². The largest absolute Gasteiger partial charge is 0.457 e. The van der Waals surface area contributed by atoms with Crippen molar-refractivity contribution in [3.8, 4) is 6.07 Å². The van der Waals surface area contributed by atoms with E-state index in [0.717, 1.165) is 5.56 Å². The number of furan rings is 1. The predicted octanol–water partition coefficient (Wildman–Crippen LogP) is 3.73. The summed E-state index contributed by atoms with van der Waals surface area (Å²) in [6.45, 7) is 3.47. The average molecular weight is 269 g/mol. The number of ether oxygens (including phenoxy) is 1. The summed E-state index contributed by atoms with van der Waals surface area (Å²) in [5.74, 6) is -0.452. The van der Waals surface area contributed by atoms with E-state index < -0.39 is 17.5 Å². The number of hydrogen-bond acceptors (Lipinski definition) is 4. The van der Waals surface area contributed by atoms with Gasteiger partial charge in [-0.05, 0) is 31.5 Å². The molecule has 102 valence electrons. The fourth-order valence-electron chi connectivity index (χ4n) is 1.88. The standard InChI is InChI=1S/C16H15NO3/c1-16(2,11-17)14(12-7-4-3-5-8-12)20-15(18)13-9-6-10-19-13/h3-10,14H,1-2H3. The number of nitrogens with zero attached hydrogens (tertiary/aromatic N) is 1. The number of carbonyl (C=O) groups is 1. The zero-order chi connectivity index (χ0) is 14.6. The van der Waals surface area contributed by atoms with Crippen LogP contribution in [0.1, 0.15) is 36.1 Å². The third kappa shape index (κ3) is 2.89. The van der Waals surface area contributed by atoms with E-state index in [1.165, 1.54) is 12.3 Å². The summed E-state index contributed by atoms with van der Waals surface area (Å²) in [7, 11) is 0. The number of rotatable bonds is 4. The number of carbonyl (C=O) groups excluding carboxylic acids is 1. The molecule has 4 heteroatoms. The van der Waals surface area contributed by atoms with Gasteiger partial charge in [0.05, 0.1) is 17.7 Å². The Kier molecular flexibility index (Phi) is 3.90. The van der Waals surface area contributed by atoms with Crippen LogP contribution in [0.25, 0.3) is 0 Å². The molecule has 2 rings (SSSR count). The first-order valence-corrected chi connectivity index (χ1v) is 6.25. The van der Waals surface area contributed by atoms with Gasteiger partial charge in [-0.1, -0.05) is 30.3 Å². The highest BCUT2D eigenvalue weighted by molar-refractivity contribution is 5.86. The minimum absolute atomic E-state index is 0.125. The van der Waals surface area contributed by atoms with Crippen LogP contribution in [0.4, 0.5) is 0 Å². The minimum atomic E-state index is -0.844. The maximum absolute atomic E-state index is 12.0. The summed E-state index contributed by atoms with van der Waals surface area (Å²) in [5.41, 5.74) is -0.0668. The number of nitriles is 1. The molecule has 1 aromatic carbocycles. The van der Waals surface area contributed by atoms with Crippen LogP contribution in [-0.4, -0.2) is 5.97 Å². The highest BCUT2D eigenvalue weighted by Crippen LogP contribution is 2.36. The molecule has 0 saturated carbocycles. The first-order chi connectivity index (χ1) is 9.54. The Morgan fingerprint density at radius 2 is 1.95 bits per heavy atom. The highest BCUT2D eigenvalue weighted by atomic mass is 16.6. The van der Waals surface area contributed by atoms with Gasteiger partial charge in [0.25, 0.3) is 0 Å². The van der Waals surface area contributed by atoms with Crippen LogP contribution >= 0.6 is 0 Å². The lowest BCUT2D eigenvalue weighted by atomic mass is 9.84. The van der Waals surface area contributed by atoms with Crippen LogP contribution < -0.4 is 0 Å². The van der Waals surface area contributed by atoms with Gasteiger partial charge in [0.15, 0.2) is 0 Å². The van der Waals surface area contributed by atoms with Gasteiger partial charge < -0.3 is 9.15 Å². The van der Waals surface area contributed by atoms with E-state index in [1.54, 1.807) is 19.9 Å². The third-order valence-electron chi connectivity index (χ3n) is 2.99. The maximum Gasteiger partial charge on any atom is 0.374 e. The molecule has 20 heavy (non-hydrogen) atoms. The van der Waals surface area contributed by atoms with Gasteiger partial charge in [0.2, 0.25) is 5.76 Å². The quantitative estimate of drug-likeness (QED) is 0.793. The van der Waals surface area contributed by atoms with Gasteiger partial charge in [-0.3, -0.25) is 0 Å². The van der Waals surface area contributed by atoms with Gasteiger partial charge in [-0.25, -0.2) is 4.79 Å². The summed E-state index contributed by atoms with van der Waals surface area (Å²) < 4.78 is 10.5. The number of benzene rings is 1. The van der Waals surface area contributed by atoms with Gasteiger partial charge in [-0.15, -0.1) is 0 Å². The molecule has 1 aromatic heterocycles. The molecule has 0 aliphatic heterocycles. The third-order valence-corrected chi connectivity index (χ3v) is 2.99. The molecule has 1 heterocycles. The molecular weight excluding hydrogens is 254 g/mol. The highest BCUT2D eigenvalue weighted by Gasteiger charge is 2.35. The molecule has 0 fully saturated rings. The van der Waals surface area contributed by atoms with Crippen LogP contribution in [0.3, 0.4) is 0 Å². The maximum atomic E-state index is 12.0. The Balaban J connectivity index is 2.29. The van der Waals surface area contributed by atoms with E-state index in [4.69, 9.17) is 9.15 Å². The van der Waals surface area contributed by atoms with Crippen molar-refractivity contribution in [1.82, 2.24) is 0 Å². The van der Waals surface area contributed by atoms with Crippen LogP contribution in [0.15, 0.2) is 53.1 Å². The fraction of sp³-hybridized carbons (Fsp3) is 0.250. The SMILES string of the molecule is CC(C)(C#N)C(OC(=O)c1ccco1)c1ccccc1. The topological polar surface area (TPSA) is 63.2 Å². The zero-order valence-electron chi connectivity index (χ0n) is 11.4. The Labute approximate surface area is 117 Å². The molecule has 0 spiro atoms. The Morgan fingerprint density at radius 1 is 1.25 bits per heavy atom. The molecule has 0 aliphatic carbocycles. The second-order valence-electron chi connectivity index (χ2n) is 5.01. The summed E-state index contributed by atoms with van der Waals surface area (Å²) in [6.07, 6.45) is 0.745. The second kappa shape index (κ2) is 5.62. The molecule has 0 amide bonds. The summed E-state index contributed by atoms with van der Waals surface area (Å²) in [4.78, 5) is 12.0. The smallest absolute Gasteiger partial charge is 0.374 e. The summed E-state index contributed by atoms with van der Waals surface area (Å²) in [5, 5.41) is 9.30. The minimum Gasteiger partial charge on any atom is -0.457 e. The zero-order valence-corrected chi connectivity index (χ0v) is 11.4. The van der Waals surface area contributed by atoms with E-state index in [2.05, 4.69) is 6.07 Å². The van der Waals surface area contributed by atoms with E-state index in [-0.39, 0.29) is 5.76 Å². The van der Waals surface area contributed by atoms with Crippen LogP contribution in [0, 0.1) is 16.7 Å². The van der Waals surface area contributed by atoms with E-state index in [0.29, 0.717) is 0 Å². The molecule has 0 radical (unpaired) electrons. The molecule has 1 atom stereocenters. The van der Waals surface area contributed by atoms with Gasteiger partial charge in [0.1, 0.15) is 6.10 Å². The monoisotopic (exact) mass is 269 g/mol. The van der Waals surface area contributed by atoms with Crippen molar-refractivity contribution in [3.05, 3.63) is 60.1 Å². The van der Waals surface area contributed by atoms with Crippen molar-refractivity contribution in [2.45, 2.75) is 20.0 Å². The number of esters is 1. The molecule has 1 unspecified atom stereocenters. The fourth-order valence-corrected chi connectivity index (χ4v) is 1.88. The van der Waals surface area contributed by atoms with Gasteiger partial charge in [0, 0.05) is 0 Å². The van der Waals surface area contributed by atoms with Crippen LogP contribution in [0.5, 0.6) is 0 Å².